The fraction of sp³-hybridized carbons (Fsp3) is 0.278. The summed E-state index contributed by atoms with van der Waals surface area (Å²) in [4.78, 5) is 12.2. The molecule has 26 heavy (non-hydrogen) atoms. The Kier molecular flexibility index (Phi) is 5.87. The molecule has 0 N–H and O–H groups in total. The topological polar surface area (TPSA) is 63.7 Å². The van der Waals surface area contributed by atoms with Crippen LogP contribution in [0.3, 0.4) is 0 Å². The van der Waals surface area contributed by atoms with Crippen LogP contribution in [0.2, 0.25) is 10.0 Å². The Morgan fingerprint density at radius 1 is 1.04 bits per heavy atom. The number of hydrogen-bond donors (Lipinski definition) is 0. The van der Waals surface area contributed by atoms with E-state index in [1.54, 1.807) is 24.3 Å². The van der Waals surface area contributed by atoms with E-state index in [9.17, 15) is 13.2 Å². The van der Waals surface area contributed by atoms with Gasteiger partial charge in [-0.05, 0) is 37.1 Å². The fourth-order valence-corrected chi connectivity index (χ4v) is 4.95. The van der Waals surface area contributed by atoms with Gasteiger partial charge in [0, 0.05) is 23.7 Å². The van der Waals surface area contributed by atoms with Gasteiger partial charge in [0.25, 0.3) is 0 Å². The number of sulfonamides is 1. The molecule has 0 aromatic heterocycles. The highest BCUT2D eigenvalue weighted by Crippen LogP contribution is 2.28. The van der Waals surface area contributed by atoms with Crippen molar-refractivity contribution in [3.05, 3.63) is 63.6 Å². The van der Waals surface area contributed by atoms with E-state index in [-0.39, 0.29) is 22.1 Å². The normalized spacial score (nSPS) is 15.2. The van der Waals surface area contributed by atoms with Gasteiger partial charge in [-0.2, -0.15) is 4.31 Å². The van der Waals surface area contributed by atoms with Gasteiger partial charge < -0.3 is 4.74 Å². The molecule has 2 aromatic rings. The van der Waals surface area contributed by atoms with Crippen molar-refractivity contribution < 1.29 is 17.9 Å². The van der Waals surface area contributed by atoms with Crippen LogP contribution < -0.4 is 0 Å². The van der Waals surface area contributed by atoms with Crippen molar-refractivity contribution in [2.75, 3.05) is 13.1 Å². The highest BCUT2D eigenvalue weighted by molar-refractivity contribution is 7.89. The quantitative estimate of drug-likeness (QED) is 0.690. The zero-order chi connectivity index (χ0) is 18.7. The molecule has 3 rings (SSSR count). The number of rotatable bonds is 5. The first-order valence-corrected chi connectivity index (χ1v) is 10.3. The third kappa shape index (κ3) is 4.04. The molecule has 2 aromatic carbocycles. The molecule has 1 heterocycles. The predicted molar refractivity (Wildman–Crippen MR) is 100 cm³/mol. The Morgan fingerprint density at radius 2 is 1.73 bits per heavy atom. The maximum absolute atomic E-state index is 12.7. The number of carbonyl (C=O) groups excluding carboxylic acids is 1. The highest BCUT2D eigenvalue weighted by Gasteiger charge is 2.30. The Hall–Kier alpha value is -1.60. The van der Waals surface area contributed by atoms with E-state index in [0.717, 1.165) is 12.8 Å². The molecule has 1 fully saturated rings. The lowest BCUT2D eigenvalue weighted by Crippen LogP contribution is -2.28. The second kappa shape index (κ2) is 7.96. The molecule has 1 saturated heterocycles. The van der Waals surface area contributed by atoms with E-state index in [0.29, 0.717) is 23.7 Å². The summed E-state index contributed by atoms with van der Waals surface area (Å²) in [6.45, 7) is 0.912. The van der Waals surface area contributed by atoms with Gasteiger partial charge in [-0.25, -0.2) is 13.2 Å². The number of carbonyl (C=O) groups is 1. The van der Waals surface area contributed by atoms with Crippen LogP contribution in [0.15, 0.2) is 47.4 Å². The molecular weight excluding hydrogens is 397 g/mol. The average molecular weight is 414 g/mol. The summed E-state index contributed by atoms with van der Waals surface area (Å²) in [6, 6.07) is 11.1. The predicted octanol–water partition coefficient (Wildman–Crippen LogP) is 4.13. The smallest absolute Gasteiger partial charge is 0.338 e. The minimum Gasteiger partial charge on any atom is -0.457 e. The van der Waals surface area contributed by atoms with Crippen molar-refractivity contribution in [3.8, 4) is 0 Å². The third-order valence-corrected chi connectivity index (χ3v) is 6.92. The fourth-order valence-electron chi connectivity index (χ4n) is 2.74. The van der Waals surface area contributed by atoms with Crippen molar-refractivity contribution >= 4 is 39.2 Å². The summed E-state index contributed by atoms with van der Waals surface area (Å²) >= 11 is 12.1. The van der Waals surface area contributed by atoms with Gasteiger partial charge in [0.15, 0.2) is 0 Å². The lowest BCUT2D eigenvalue weighted by Gasteiger charge is -2.17. The average Bonchev–Trinajstić information content (AvgIpc) is 3.16. The van der Waals surface area contributed by atoms with Crippen LogP contribution in [0.25, 0.3) is 0 Å². The maximum Gasteiger partial charge on any atom is 0.338 e. The van der Waals surface area contributed by atoms with Crippen LogP contribution in [0.4, 0.5) is 0 Å². The summed E-state index contributed by atoms with van der Waals surface area (Å²) < 4.78 is 32.1. The standard InChI is InChI=1S/C18H17Cl2NO4S/c19-15-6-2-1-5-14(15)12-25-18(22)13-7-8-16(20)17(11-13)26(23,24)21-9-3-4-10-21/h1-2,5-8,11H,3-4,9-10,12H2. The molecule has 0 amide bonds. The molecule has 5 nitrogen and oxygen atoms in total. The highest BCUT2D eigenvalue weighted by atomic mass is 35.5. The minimum atomic E-state index is -3.73. The second-order valence-corrected chi connectivity index (χ2v) is 8.64. The lowest BCUT2D eigenvalue weighted by atomic mass is 10.2. The van der Waals surface area contributed by atoms with Crippen LogP contribution in [0.5, 0.6) is 0 Å². The van der Waals surface area contributed by atoms with E-state index in [1.807, 2.05) is 0 Å². The zero-order valence-corrected chi connectivity index (χ0v) is 16.1. The van der Waals surface area contributed by atoms with Crippen LogP contribution in [0.1, 0.15) is 28.8 Å². The SMILES string of the molecule is O=C(OCc1ccccc1Cl)c1ccc(Cl)c(S(=O)(=O)N2CCCC2)c1. The molecule has 0 aliphatic carbocycles. The minimum absolute atomic E-state index is 0.00462. The first-order valence-electron chi connectivity index (χ1n) is 8.10. The molecule has 1 aliphatic rings. The molecule has 0 atom stereocenters. The van der Waals surface area contributed by atoms with Crippen molar-refractivity contribution in [1.29, 1.82) is 0 Å². The number of nitrogens with zero attached hydrogens (tertiary/aromatic N) is 1. The number of halogens is 2. The molecule has 1 aliphatic heterocycles. The van der Waals surface area contributed by atoms with E-state index in [1.165, 1.54) is 22.5 Å². The van der Waals surface area contributed by atoms with Gasteiger partial charge in [-0.1, -0.05) is 41.4 Å². The molecule has 8 heteroatoms. The zero-order valence-electron chi connectivity index (χ0n) is 13.8. The van der Waals surface area contributed by atoms with Crippen molar-refractivity contribution in [3.63, 3.8) is 0 Å². The molecule has 0 bridgehead atoms. The number of ether oxygens (including phenoxy) is 1. The Balaban J connectivity index is 1.80. The van der Waals surface area contributed by atoms with Gasteiger partial charge >= 0.3 is 5.97 Å². The Bertz CT molecular complexity index is 925. The maximum atomic E-state index is 12.7. The Labute approximate surface area is 162 Å². The number of benzene rings is 2. The summed E-state index contributed by atoms with van der Waals surface area (Å²) in [5.74, 6) is -0.639. The van der Waals surface area contributed by atoms with Gasteiger partial charge in [0.05, 0.1) is 10.6 Å². The van der Waals surface area contributed by atoms with E-state index < -0.39 is 16.0 Å². The number of esters is 1. The molecular formula is C18H17Cl2NO4S. The van der Waals surface area contributed by atoms with E-state index >= 15 is 0 Å². The van der Waals surface area contributed by atoms with Gasteiger partial charge in [-0.3, -0.25) is 0 Å². The molecule has 0 spiro atoms. The first kappa shape index (κ1) is 19.2. The largest absolute Gasteiger partial charge is 0.457 e. The molecule has 138 valence electrons. The summed E-state index contributed by atoms with van der Waals surface area (Å²) in [5, 5.41) is 0.577. The van der Waals surface area contributed by atoms with Crippen LogP contribution in [-0.2, 0) is 21.4 Å². The summed E-state index contributed by atoms with van der Waals surface area (Å²) in [5.41, 5.74) is 0.792. The summed E-state index contributed by atoms with van der Waals surface area (Å²) in [7, 11) is -3.73. The molecule has 0 radical (unpaired) electrons. The Morgan fingerprint density at radius 3 is 2.42 bits per heavy atom. The molecule has 0 saturated carbocycles. The van der Waals surface area contributed by atoms with Crippen LogP contribution in [-0.4, -0.2) is 31.8 Å². The monoisotopic (exact) mass is 413 g/mol. The van der Waals surface area contributed by atoms with Gasteiger partial charge in [0.2, 0.25) is 10.0 Å². The number of hydrogen-bond acceptors (Lipinski definition) is 4. The third-order valence-electron chi connectivity index (χ3n) is 4.17. The van der Waals surface area contributed by atoms with Crippen LogP contribution >= 0.6 is 23.2 Å². The van der Waals surface area contributed by atoms with E-state index in [2.05, 4.69) is 0 Å². The summed E-state index contributed by atoms with van der Waals surface area (Å²) in [6.07, 6.45) is 1.63. The van der Waals surface area contributed by atoms with Crippen molar-refractivity contribution in [2.45, 2.75) is 24.3 Å². The van der Waals surface area contributed by atoms with Crippen molar-refractivity contribution in [1.82, 2.24) is 4.31 Å². The van der Waals surface area contributed by atoms with Crippen LogP contribution in [0, 0.1) is 0 Å². The molecule has 0 unspecified atom stereocenters. The first-order chi connectivity index (χ1) is 12.4. The van der Waals surface area contributed by atoms with Gasteiger partial charge in [0.1, 0.15) is 11.5 Å². The van der Waals surface area contributed by atoms with E-state index in [4.69, 9.17) is 27.9 Å². The second-order valence-electron chi connectivity index (χ2n) is 5.92. The van der Waals surface area contributed by atoms with Crippen molar-refractivity contribution in [2.24, 2.45) is 0 Å². The lowest BCUT2D eigenvalue weighted by molar-refractivity contribution is 0.0472. The van der Waals surface area contributed by atoms with Gasteiger partial charge in [-0.15, -0.1) is 0 Å².